The number of amides is 1. The summed E-state index contributed by atoms with van der Waals surface area (Å²) in [5.41, 5.74) is 2.04. The Kier molecular flexibility index (Phi) is 4.19. The largest absolute Gasteiger partial charge is 0.342 e. The van der Waals surface area contributed by atoms with E-state index in [4.69, 9.17) is 4.99 Å². The number of piperidine rings is 1. The molecule has 2 heterocycles. The maximum absolute atomic E-state index is 12.4. The predicted molar refractivity (Wildman–Crippen MR) is 102 cm³/mol. The molecule has 24 heavy (non-hydrogen) atoms. The van der Waals surface area contributed by atoms with Crippen molar-refractivity contribution >= 4 is 45.0 Å². The number of amidine groups is 1. The number of carbonyl (C=O) groups excluding carboxylic acids is 1. The summed E-state index contributed by atoms with van der Waals surface area (Å²) in [6.45, 7) is 4.00. The number of anilines is 1. The van der Waals surface area contributed by atoms with Gasteiger partial charge < -0.3 is 10.2 Å². The molecule has 1 atom stereocenters. The number of rotatable bonds is 2. The number of hydrogen-bond donors (Lipinski definition) is 1. The van der Waals surface area contributed by atoms with Gasteiger partial charge in [0.25, 0.3) is 0 Å². The van der Waals surface area contributed by atoms with Gasteiger partial charge in [-0.2, -0.15) is 0 Å². The predicted octanol–water partition coefficient (Wildman–Crippen LogP) is 4.24. The van der Waals surface area contributed by atoms with Gasteiger partial charge in [-0.1, -0.05) is 43.0 Å². The van der Waals surface area contributed by atoms with Crippen LogP contribution in [0, 0.1) is 5.92 Å². The van der Waals surface area contributed by atoms with Gasteiger partial charge in [-0.15, -0.1) is 0 Å². The number of carbonyl (C=O) groups is 1. The molecule has 1 N–H and O–H groups in total. The highest BCUT2D eigenvalue weighted by atomic mass is 32.2. The van der Waals surface area contributed by atoms with E-state index in [0.717, 1.165) is 41.4 Å². The summed E-state index contributed by atoms with van der Waals surface area (Å²) in [4.78, 5) is 19.1. The maximum atomic E-state index is 12.4. The van der Waals surface area contributed by atoms with Crippen molar-refractivity contribution < 1.29 is 4.79 Å². The van der Waals surface area contributed by atoms with Crippen molar-refractivity contribution in [2.75, 3.05) is 24.2 Å². The molecule has 4 rings (SSSR count). The number of likely N-dealkylation sites (tertiary alicyclic amines) is 1. The zero-order valence-electron chi connectivity index (χ0n) is 13.8. The molecule has 0 aromatic heterocycles. The number of benzene rings is 2. The number of hydrogen-bond acceptors (Lipinski definition) is 4. The lowest BCUT2D eigenvalue weighted by Gasteiger charge is -2.31. The molecular formula is C19H21N3OS. The Bertz CT molecular complexity index is 812. The fourth-order valence-electron chi connectivity index (χ4n) is 3.48. The molecule has 0 saturated carbocycles. The van der Waals surface area contributed by atoms with Crippen LogP contribution in [-0.4, -0.2) is 34.8 Å². The Labute approximate surface area is 146 Å². The third-order valence-electron chi connectivity index (χ3n) is 4.69. The van der Waals surface area contributed by atoms with E-state index >= 15 is 0 Å². The lowest BCUT2D eigenvalue weighted by Crippen LogP contribution is -2.40. The van der Waals surface area contributed by atoms with Crippen LogP contribution in [0.2, 0.25) is 0 Å². The lowest BCUT2D eigenvalue weighted by molar-refractivity contribution is -0.129. The molecule has 0 spiro atoms. The quantitative estimate of drug-likeness (QED) is 0.890. The van der Waals surface area contributed by atoms with E-state index < -0.39 is 0 Å². The number of thioether (sulfide) groups is 1. The standard InChI is InChI=1S/C19H21N3OS/c1-13-5-4-10-22(11-13)17(23)12-24-19-20-15-8-2-6-14-7-3-9-16(21-19)18(14)15/h2-3,6-9,13H,4-5,10-12H2,1H3,(H,20,21)/t13-/m1/s1. The van der Waals surface area contributed by atoms with E-state index in [1.165, 1.54) is 23.6 Å². The van der Waals surface area contributed by atoms with Crippen molar-refractivity contribution in [2.45, 2.75) is 19.8 Å². The van der Waals surface area contributed by atoms with Crippen LogP contribution in [0.1, 0.15) is 19.8 Å². The minimum atomic E-state index is 0.216. The highest BCUT2D eigenvalue weighted by Crippen LogP contribution is 2.36. The normalized spacial score (nSPS) is 19.8. The van der Waals surface area contributed by atoms with E-state index in [-0.39, 0.29) is 5.91 Å². The van der Waals surface area contributed by atoms with Gasteiger partial charge in [0.1, 0.15) is 0 Å². The second-order valence-corrected chi connectivity index (χ2v) is 7.56. The highest BCUT2D eigenvalue weighted by molar-refractivity contribution is 8.14. The second kappa shape index (κ2) is 6.48. The van der Waals surface area contributed by atoms with Crippen molar-refractivity contribution in [3.63, 3.8) is 0 Å². The summed E-state index contributed by atoms with van der Waals surface area (Å²) in [7, 11) is 0. The second-order valence-electron chi connectivity index (χ2n) is 6.60. The van der Waals surface area contributed by atoms with E-state index in [2.05, 4.69) is 30.4 Å². The van der Waals surface area contributed by atoms with Crippen molar-refractivity contribution in [1.29, 1.82) is 0 Å². The Balaban J connectivity index is 1.47. The minimum absolute atomic E-state index is 0.216. The lowest BCUT2D eigenvalue weighted by atomic mass is 10.0. The molecule has 1 amide bonds. The molecule has 2 aromatic carbocycles. The first-order chi connectivity index (χ1) is 11.7. The number of aliphatic imine (C=N–C) groups is 1. The van der Waals surface area contributed by atoms with Crippen molar-refractivity contribution in [3.05, 3.63) is 36.4 Å². The van der Waals surface area contributed by atoms with Crippen molar-refractivity contribution in [1.82, 2.24) is 4.90 Å². The van der Waals surface area contributed by atoms with Crippen LogP contribution in [0.15, 0.2) is 41.4 Å². The van der Waals surface area contributed by atoms with Gasteiger partial charge in [-0.05, 0) is 36.3 Å². The van der Waals surface area contributed by atoms with E-state index in [1.54, 1.807) is 0 Å². The summed E-state index contributed by atoms with van der Waals surface area (Å²) in [5, 5.41) is 6.51. The van der Waals surface area contributed by atoms with Gasteiger partial charge in [0.2, 0.25) is 5.91 Å². The maximum Gasteiger partial charge on any atom is 0.233 e. The molecule has 1 saturated heterocycles. The molecule has 0 aliphatic carbocycles. The van der Waals surface area contributed by atoms with E-state index in [0.29, 0.717) is 11.7 Å². The van der Waals surface area contributed by atoms with Crippen LogP contribution in [0.4, 0.5) is 11.4 Å². The average Bonchev–Trinajstić information content (AvgIpc) is 2.60. The van der Waals surface area contributed by atoms with Crippen LogP contribution in [-0.2, 0) is 4.79 Å². The van der Waals surface area contributed by atoms with Crippen molar-refractivity contribution in [3.8, 4) is 0 Å². The van der Waals surface area contributed by atoms with Gasteiger partial charge in [-0.25, -0.2) is 4.99 Å². The first kappa shape index (κ1) is 15.5. The average molecular weight is 339 g/mol. The van der Waals surface area contributed by atoms with Gasteiger partial charge in [0.05, 0.1) is 17.1 Å². The van der Waals surface area contributed by atoms with Gasteiger partial charge in [0, 0.05) is 18.5 Å². The molecule has 124 valence electrons. The molecule has 2 aliphatic rings. The van der Waals surface area contributed by atoms with Crippen LogP contribution >= 0.6 is 11.8 Å². The molecule has 0 radical (unpaired) electrons. The smallest absolute Gasteiger partial charge is 0.233 e. The fourth-order valence-corrected chi connectivity index (χ4v) is 4.26. The number of nitrogens with zero attached hydrogens (tertiary/aromatic N) is 2. The topological polar surface area (TPSA) is 44.7 Å². The Morgan fingerprint density at radius 3 is 3.00 bits per heavy atom. The van der Waals surface area contributed by atoms with Crippen LogP contribution in [0.3, 0.4) is 0 Å². The summed E-state index contributed by atoms with van der Waals surface area (Å²) in [6.07, 6.45) is 2.35. The molecule has 1 fully saturated rings. The molecule has 2 aliphatic heterocycles. The SMILES string of the molecule is C[C@@H]1CCCN(C(=O)CSC2=Nc3cccc4cccc(c34)N2)C1. The first-order valence-electron chi connectivity index (χ1n) is 8.49. The minimum Gasteiger partial charge on any atom is -0.342 e. The van der Waals surface area contributed by atoms with E-state index in [9.17, 15) is 4.79 Å². The summed E-state index contributed by atoms with van der Waals surface area (Å²) < 4.78 is 0. The molecule has 0 bridgehead atoms. The first-order valence-corrected chi connectivity index (χ1v) is 9.47. The third kappa shape index (κ3) is 3.00. The fraction of sp³-hybridized carbons (Fsp3) is 0.368. The zero-order valence-corrected chi connectivity index (χ0v) is 14.6. The van der Waals surface area contributed by atoms with Crippen molar-refractivity contribution in [2.24, 2.45) is 10.9 Å². The monoisotopic (exact) mass is 339 g/mol. The molecule has 0 unspecified atom stereocenters. The Morgan fingerprint density at radius 1 is 1.33 bits per heavy atom. The molecular weight excluding hydrogens is 318 g/mol. The molecule has 2 aromatic rings. The zero-order chi connectivity index (χ0) is 16.5. The Morgan fingerprint density at radius 2 is 2.17 bits per heavy atom. The van der Waals surface area contributed by atoms with Crippen LogP contribution in [0.25, 0.3) is 10.8 Å². The summed E-state index contributed by atoms with van der Waals surface area (Å²) >= 11 is 1.50. The van der Waals surface area contributed by atoms with Gasteiger partial charge >= 0.3 is 0 Å². The van der Waals surface area contributed by atoms with Gasteiger partial charge in [0.15, 0.2) is 5.17 Å². The molecule has 4 nitrogen and oxygen atoms in total. The number of nitrogens with one attached hydrogen (secondary N) is 1. The summed E-state index contributed by atoms with van der Waals surface area (Å²) in [5.74, 6) is 1.27. The van der Waals surface area contributed by atoms with Crippen LogP contribution < -0.4 is 5.32 Å². The van der Waals surface area contributed by atoms with E-state index in [1.807, 2.05) is 23.1 Å². The van der Waals surface area contributed by atoms with Gasteiger partial charge in [-0.3, -0.25) is 4.79 Å². The molecule has 5 heteroatoms. The highest BCUT2D eigenvalue weighted by Gasteiger charge is 2.22. The third-order valence-corrected chi connectivity index (χ3v) is 5.55. The Hall–Kier alpha value is -2.01. The summed E-state index contributed by atoms with van der Waals surface area (Å²) in [6, 6.07) is 12.4. The van der Waals surface area contributed by atoms with Crippen LogP contribution in [0.5, 0.6) is 0 Å².